The molecule has 2 saturated heterocycles. The molecule has 2 aliphatic heterocycles. The molecule has 1 aromatic rings. The van der Waals surface area contributed by atoms with Gasteiger partial charge in [-0.1, -0.05) is 0 Å². The molecule has 4 rings (SSSR count). The van der Waals surface area contributed by atoms with Gasteiger partial charge < -0.3 is 9.50 Å². The van der Waals surface area contributed by atoms with Crippen molar-refractivity contribution in [2.75, 3.05) is 5.32 Å². The van der Waals surface area contributed by atoms with Crippen LogP contribution in [-0.2, 0) is 9.59 Å². The van der Waals surface area contributed by atoms with Crippen LogP contribution in [0.25, 0.3) is 0 Å². The van der Waals surface area contributed by atoms with E-state index in [0.29, 0.717) is 18.6 Å². The maximum Gasteiger partial charge on any atom is 0.272 e. The van der Waals surface area contributed by atoms with Crippen molar-refractivity contribution in [3.8, 4) is 5.75 Å². The summed E-state index contributed by atoms with van der Waals surface area (Å²) in [5.41, 5.74) is 0.0506. The Morgan fingerprint density at radius 1 is 1.32 bits per heavy atom. The predicted octanol–water partition coefficient (Wildman–Crippen LogP) is 1.82. The van der Waals surface area contributed by atoms with Crippen LogP contribution < -0.4 is 14.8 Å². The Bertz CT molecular complexity index is 528. The molecule has 0 unspecified atom stereocenters. The number of halogens is 1. The quantitative estimate of drug-likeness (QED) is 0.651. The second-order valence-electron chi connectivity index (χ2n) is 4.80. The Morgan fingerprint density at radius 3 is 2.58 bits per heavy atom. The van der Waals surface area contributed by atoms with Crippen molar-refractivity contribution in [2.45, 2.75) is 18.4 Å². The molecule has 19 heavy (non-hydrogen) atoms. The molecule has 3 fully saturated rings. The van der Waals surface area contributed by atoms with Crippen molar-refractivity contribution in [1.82, 2.24) is 5.32 Å². The van der Waals surface area contributed by atoms with E-state index in [1.807, 2.05) is 0 Å². The Labute approximate surface area is 113 Å². The summed E-state index contributed by atoms with van der Waals surface area (Å²) in [4.78, 5) is 23.2. The third-order valence-corrected chi connectivity index (χ3v) is 3.85. The average Bonchev–Trinajstić information content (AvgIpc) is 2.34. The highest BCUT2D eigenvalue weighted by atomic mass is 32.2. The maximum atomic E-state index is 11.9. The molecule has 100 valence electrons. The first kappa shape index (κ1) is 12.3. The van der Waals surface area contributed by atoms with E-state index in [0.717, 1.165) is 5.69 Å². The number of amides is 2. The number of carbonyl (C=O) groups is 2. The zero-order chi connectivity index (χ0) is 13.5. The van der Waals surface area contributed by atoms with Crippen molar-refractivity contribution in [3.63, 3.8) is 0 Å². The van der Waals surface area contributed by atoms with Gasteiger partial charge in [-0.3, -0.25) is 14.9 Å². The fourth-order valence-electron chi connectivity index (χ4n) is 2.55. The van der Waals surface area contributed by atoms with E-state index in [1.54, 1.807) is 24.3 Å². The van der Waals surface area contributed by atoms with Crippen LogP contribution in [0.5, 0.6) is 5.75 Å². The number of nitrogens with one attached hydrogen (secondary N) is 2. The van der Waals surface area contributed by atoms with Crippen LogP contribution in [0.2, 0.25) is 0 Å². The van der Waals surface area contributed by atoms with Gasteiger partial charge in [0, 0.05) is 11.6 Å². The lowest BCUT2D eigenvalue weighted by Gasteiger charge is -2.50. The van der Waals surface area contributed by atoms with Gasteiger partial charge in [-0.25, -0.2) is 0 Å². The van der Waals surface area contributed by atoms with E-state index in [-0.39, 0.29) is 30.2 Å². The number of benzene rings is 1. The van der Waals surface area contributed by atoms with Crippen LogP contribution in [-0.4, -0.2) is 17.4 Å². The highest BCUT2D eigenvalue weighted by Crippen LogP contribution is 2.44. The number of imide groups is 1. The molecule has 1 aromatic carbocycles. The third kappa shape index (κ3) is 2.03. The van der Waals surface area contributed by atoms with Gasteiger partial charge in [0.25, 0.3) is 18.3 Å². The fourth-order valence-corrected chi connectivity index (χ4v) is 2.74. The van der Waals surface area contributed by atoms with E-state index in [1.165, 1.54) is 0 Å². The molecule has 3 aliphatic rings. The van der Waals surface area contributed by atoms with Gasteiger partial charge >= 0.3 is 0 Å². The first-order chi connectivity index (χ1) is 9.13. The molecular weight excluding hydrogens is 271 g/mol. The summed E-state index contributed by atoms with van der Waals surface area (Å²) in [7, 11) is 0. The van der Waals surface area contributed by atoms with Gasteiger partial charge in [-0.15, -0.1) is 3.89 Å². The summed E-state index contributed by atoms with van der Waals surface area (Å²) in [5.74, 6) is -0.141. The number of rotatable bonds is 4. The van der Waals surface area contributed by atoms with Crippen LogP contribution >= 0.6 is 12.4 Å². The summed E-state index contributed by atoms with van der Waals surface area (Å²) < 4.78 is 16.5. The van der Waals surface area contributed by atoms with Crippen LogP contribution in [0.15, 0.2) is 24.3 Å². The normalized spacial score (nSPS) is 28.4. The van der Waals surface area contributed by atoms with Gasteiger partial charge in [0.2, 0.25) is 5.91 Å². The molecule has 5 nitrogen and oxygen atoms in total. The van der Waals surface area contributed by atoms with Gasteiger partial charge in [0.1, 0.15) is 11.3 Å². The summed E-state index contributed by atoms with van der Waals surface area (Å²) in [6, 6.07) is 6.62. The molecule has 2 amide bonds. The summed E-state index contributed by atoms with van der Waals surface area (Å²) in [6.07, 6.45) is 1.05. The second kappa shape index (κ2) is 4.41. The molecule has 2 N–H and O–H groups in total. The number of fused-ring (bicyclic) bond motifs is 2. The molecule has 2 heterocycles. The Balaban J connectivity index is 1.72. The third-order valence-electron chi connectivity index (χ3n) is 3.60. The lowest BCUT2D eigenvalue weighted by atomic mass is 9.64. The average molecular weight is 282 g/mol. The first-order valence-corrected chi connectivity index (χ1v) is 6.46. The largest absolute Gasteiger partial charge is 0.397 e. The fraction of sp³-hybridized carbons (Fsp3) is 0.333. The van der Waals surface area contributed by atoms with Gasteiger partial charge in [-0.2, -0.15) is 0 Å². The lowest BCUT2D eigenvalue weighted by Crippen LogP contribution is -2.69. The second-order valence-corrected chi connectivity index (χ2v) is 5.09. The van der Waals surface area contributed by atoms with E-state index in [2.05, 4.69) is 14.8 Å². The molecular formula is C12H11FN2O3S. The zero-order valence-corrected chi connectivity index (χ0v) is 10.6. The molecule has 0 radical (unpaired) electrons. The Hall–Kier alpha value is -1.76. The molecule has 0 aromatic heterocycles. The smallest absolute Gasteiger partial charge is 0.272 e. The lowest BCUT2D eigenvalue weighted by molar-refractivity contribution is -0.148. The highest BCUT2D eigenvalue weighted by molar-refractivity contribution is 7.89. The van der Waals surface area contributed by atoms with Crippen molar-refractivity contribution in [3.05, 3.63) is 24.3 Å². The standard InChI is InChI=1S/C12H11FN2O3S/c13-19-18-9-3-1-8(2-4-9)15-12-5-7(6-12)10(16)14-11(12)17/h1-4,7,15H,5-6H2,(H,14,16,17). The first-order valence-electron chi connectivity index (χ1n) is 5.82. The monoisotopic (exact) mass is 282 g/mol. The van der Waals surface area contributed by atoms with Crippen molar-refractivity contribution in [2.24, 2.45) is 5.92 Å². The summed E-state index contributed by atoms with van der Waals surface area (Å²) in [5, 5.41) is 5.50. The number of hydrogen-bond donors (Lipinski definition) is 2. The number of carbonyl (C=O) groups excluding carboxylic acids is 2. The van der Waals surface area contributed by atoms with Crippen LogP contribution in [0.4, 0.5) is 9.57 Å². The maximum absolute atomic E-state index is 11.9. The Morgan fingerprint density at radius 2 is 2.00 bits per heavy atom. The predicted molar refractivity (Wildman–Crippen MR) is 68.0 cm³/mol. The Kier molecular flexibility index (Phi) is 2.85. The minimum absolute atomic E-state index is 0.0734. The highest BCUT2D eigenvalue weighted by Gasteiger charge is 2.57. The van der Waals surface area contributed by atoms with Crippen molar-refractivity contribution < 1.29 is 17.7 Å². The molecule has 7 heteroatoms. The van der Waals surface area contributed by atoms with Crippen LogP contribution in [0.1, 0.15) is 12.8 Å². The van der Waals surface area contributed by atoms with E-state index in [9.17, 15) is 13.5 Å². The van der Waals surface area contributed by atoms with Crippen molar-refractivity contribution in [1.29, 1.82) is 0 Å². The SMILES string of the molecule is O=C1NC(=O)C2(Nc3ccc(OSF)cc3)CC1C2. The van der Waals surface area contributed by atoms with Gasteiger partial charge in [0.15, 0.2) is 0 Å². The zero-order valence-electron chi connectivity index (χ0n) is 9.81. The van der Waals surface area contributed by atoms with Gasteiger partial charge in [0.05, 0.1) is 0 Å². The number of piperidine rings is 2. The summed E-state index contributed by atoms with van der Waals surface area (Å²) >= 11 is -0.218. The van der Waals surface area contributed by atoms with E-state index >= 15 is 0 Å². The van der Waals surface area contributed by atoms with Crippen LogP contribution in [0.3, 0.4) is 0 Å². The minimum atomic E-state index is -0.685. The molecule has 1 aliphatic carbocycles. The van der Waals surface area contributed by atoms with Crippen LogP contribution in [0, 0.1) is 5.92 Å². The molecule has 2 bridgehead atoms. The minimum Gasteiger partial charge on any atom is -0.397 e. The topological polar surface area (TPSA) is 67.4 Å². The number of anilines is 1. The molecule has 0 atom stereocenters. The van der Waals surface area contributed by atoms with Crippen molar-refractivity contribution >= 4 is 29.9 Å². The van der Waals surface area contributed by atoms with Gasteiger partial charge in [-0.05, 0) is 37.1 Å². The van der Waals surface area contributed by atoms with E-state index in [4.69, 9.17) is 0 Å². The number of hydrogen-bond acceptors (Lipinski definition) is 5. The molecule has 0 spiro atoms. The summed E-state index contributed by atoms with van der Waals surface area (Å²) in [6.45, 7) is 0. The molecule has 1 saturated carbocycles. The van der Waals surface area contributed by atoms with E-state index < -0.39 is 5.54 Å².